The van der Waals surface area contributed by atoms with Crippen molar-refractivity contribution in [2.24, 2.45) is 0 Å². The number of hydrogen-bond donors (Lipinski definition) is 2. The summed E-state index contributed by atoms with van der Waals surface area (Å²) in [6.45, 7) is 3.45. The van der Waals surface area contributed by atoms with Gasteiger partial charge in [0, 0.05) is 25.7 Å². The molecule has 2 saturated heterocycles. The zero-order valence-electron chi connectivity index (χ0n) is 11.8. The number of benzene rings is 1. The van der Waals surface area contributed by atoms with E-state index in [1.807, 2.05) is 11.0 Å². The molecule has 0 bridgehead atoms. The molecule has 20 heavy (non-hydrogen) atoms. The van der Waals surface area contributed by atoms with E-state index in [0.717, 1.165) is 39.0 Å². The zero-order valence-corrected chi connectivity index (χ0v) is 11.8. The maximum absolute atomic E-state index is 12.6. The lowest BCUT2D eigenvalue weighted by atomic mass is 10.0. The number of nitrogens with one attached hydrogen (secondary N) is 2. The Morgan fingerprint density at radius 1 is 1.10 bits per heavy atom. The van der Waals surface area contributed by atoms with Crippen molar-refractivity contribution < 1.29 is 4.79 Å². The van der Waals surface area contributed by atoms with Gasteiger partial charge >= 0.3 is 0 Å². The van der Waals surface area contributed by atoms with Gasteiger partial charge in [0.05, 0.1) is 6.04 Å². The lowest BCUT2D eigenvalue weighted by Crippen LogP contribution is -2.54. The van der Waals surface area contributed by atoms with Crippen molar-refractivity contribution in [2.45, 2.75) is 31.3 Å². The second-order valence-corrected chi connectivity index (χ2v) is 5.70. The van der Waals surface area contributed by atoms with E-state index in [9.17, 15) is 4.79 Å². The fourth-order valence-corrected chi connectivity index (χ4v) is 3.14. The van der Waals surface area contributed by atoms with Gasteiger partial charge in [0.1, 0.15) is 0 Å². The minimum Gasteiger partial charge on any atom is -0.338 e. The molecule has 2 N–H and O–H groups in total. The highest BCUT2D eigenvalue weighted by Crippen LogP contribution is 2.18. The average Bonchev–Trinajstić information content (AvgIpc) is 2.56. The predicted molar refractivity (Wildman–Crippen MR) is 79.4 cm³/mol. The van der Waals surface area contributed by atoms with E-state index in [0.29, 0.717) is 0 Å². The van der Waals surface area contributed by atoms with E-state index in [4.69, 9.17) is 0 Å². The number of hydrogen-bond acceptors (Lipinski definition) is 3. The molecule has 0 saturated carbocycles. The molecule has 2 heterocycles. The van der Waals surface area contributed by atoms with Crippen LogP contribution in [0, 0.1) is 0 Å². The van der Waals surface area contributed by atoms with Gasteiger partial charge < -0.3 is 15.5 Å². The number of rotatable bonds is 2. The highest BCUT2D eigenvalue weighted by Gasteiger charge is 2.29. The summed E-state index contributed by atoms with van der Waals surface area (Å²) in [5, 5.41) is 6.87. The summed E-state index contributed by atoms with van der Waals surface area (Å²) < 4.78 is 0. The van der Waals surface area contributed by atoms with E-state index in [2.05, 4.69) is 34.9 Å². The van der Waals surface area contributed by atoms with E-state index in [1.165, 1.54) is 12.0 Å². The summed E-state index contributed by atoms with van der Waals surface area (Å²) in [4.78, 5) is 14.6. The monoisotopic (exact) mass is 273 g/mol. The first-order valence-corrected chi connectivity index (χ1v) is 7.65. The minimum absolute atomic E-state index is 0.0401. The molecule has 4 nitrogen and oxygen atoms in total. The summed E-state index contributed by atoms with van der Waals surface area (Å²) in [6, 6.07) is 10.7. The third-order valence-electron chi connectivity index (χ3n) is 4.30. The second-order valence-electron chi connectivity index (χ2n) is 5.70. The van der Waals surface area contributed by atoms with Gasteiger partial charge in [-0.2, -0.15) is 0 Å². The highest BCUT2D eigenvalue weighted by molar-refractivity contribution is 5.82. The first kappa shape index (κ1) is 13.6. The largest absolute Gasteiger partial charge is 0.338 e. The highest BCUT2D eigenvalue weighted by atomic mass is 16.2. The first-order valence-electron chi connectivity index (χ1n) is 7.65. The van der Waals surface area contributed by atoms with Crippen LogP contribution >= 0.6 is 0 Å². The quantitative estimate of drug-likeness (QED) is 0.854. The molecular weight excluding hydrogens is 250 g/mol. The van der Waals surface area contributed by atoms with Gasteiger partial charge in [-0.15, -0.1) is 0 Å². The number of nitrogens with zero attached hydrogens (tertiary/aromatic N) is 1. The topological polar surface area (TPSA) is 44.4 Å². The SMILES string of the molecule is O=C(C1CCCCN1)N1CCNC(c2ccccc2)C1. The van der Waals surface area contributed by atoms with Crippen LogP contribution < -0.4 is 10.6 Å². The third kappa shape index (κ3) is 3.02. The molecule has 1 aromatic rings. The molecule has 2 unspecified atom stereocenters. The molecule has 2 aliphatic rings. The molecule has 108 valence electrons. The predicted octanol–water partition coefficient (Wildman–Crippen LogP) is 1.30. The number of amides is 1. The normalized spacial score (nSPS) is 27.3. The Hall–Kier alpha value is -1.39. The number of piperazine rings is 1. The Kier molecular flexibility index (Phi) is 4.33. The molecule has 1 aromatic carbocycles. The zero-order chi connectivity index (χ0) is 13.8. The number of carbonyl (C=O) groups excluding carboxylic acids is 1. The van der Waals surface area contributed by atoms with Gasteiger partial charge in [-0.1, -0.05) is 36.8 Å². The van der Waals surface area contributed by atoms with Gasteiger partial charge in [-0.05, 0) is 24.9 Å². The van der Waals surface area contributed by atoms with Crippen LogP contribution in [-0.4, -0.2) is 43.0 Å². The van der Waals surface area contributed by atoms with Crippen molar-refractivity contribution in [2.75, 3.05) is 26.2 Å². The van der Waals surface area contributed by atoms with Gasteiger partial charge in [0.15, 0.2) is 0 Å². The van der Waals surface area contributed by atoms with Crippen LogP contribution in [0.2, 0.25) is 0 Å². The summed E-state index contributed by atoms with van der Waals surface area (Å²) in [5.41, 5.74) is 1.27. The molecule has 2 aliphatic heterocycles. The number of piperidine rings is 1. The van der Waals surface area contributed by atoms with Crippen molar-refractivity contribution in [3.63, 3.8) is 0 Å². The fraction of sp³-hybridized carbons (Fsp3) is 0.562. The summed E-state index contributed by atoms with van der Waals surface area (Å²) >= 11 is 0. The molecule has 0 aliphatic carbocycles. The molecule has 0 radical (unpaired) electrons. The van der Waals surface area contributed by atoms with E-state index < -0.39 is 0 Å². The van der Waals surface area contributed by atoms with Crippen LogP contribution in [0.15, 0.2) is 30.3 Å². The first-order chi connectivity index (χ1) is 9.84. The Labute approximate surface area is 120 Å². The maximum atomic E-state index is 12.6. The van der Waals surface area contributed by atoms with Gasteiger partial charge in [-0.25, -0.2) is 0 Å². The number of carbonyl (C=O) groups is 1. The van der Waals surface area contributed by atoms with Gasteiger partial charge in [-0.3, -0.25) is 4.79 Å². The van der Waals surface area contributed by atoms with E-state index in [1.54, 1.807) is 0 Å². The lowest BCUT2D eigenvalue weighted by molar-refractivity contribution is -0.135. The van der Waals surface area contributed by atoms with Crippen molar-refractivity contribution in [3.8, 4) is 0 Å². The van der Waals surface area contributed by atoms with Crippen LogP contribution in [0.1, 0.15) is 30.9 Å². The molecule has 0 aromatic heterocycles. The van der Waals surface area contributed by atoms with Crippen molar-refractivity contribution in [1.82, 2.24) is 15.5 Å². The molecule has 4 heteroatoms. The van der Waals surface area contributed by atoms with Crippen LogP contribution in [0.5, 0.6) is 0 Å². The molecule has 0 spiro atoms. The Bertz CT molecular complexity index is 442. The average molecular weight is 273 g/mol. The van der Waals surface area contributed by atoms with Crippen molar-refractivity contribution in [1.29, 1.82) is 0 Å². The Morgan fingerprint density at radius 3 is 2.70 bits per heavy atom. The van der Waals surface area contributed by atoms with E-state index >= 15 is 0 Å². The maximum Gasteiger partial charge on any atom is 0.239 e. The molecular formula is C16H23N3O. The summed E-state index contributed by atoms with van der Waals surface area (Å²) in [6.07, 6.45) is 3.34. The van der Waals surface area contributed by atoms with Gasteiger partial charge in [0.2, 0.25) is 5.91 Å². The Morgan fingerprint density at radius 2 is 1.95 bits per heavy atom. The van der Waals surface area contributed by atoms with Crippen LogP contribution in [0.25, 0.3) is 0 Å². The van der Waals surface area contributed by atoms with Gasteiger partial charge in [0.25, 0.3) is 0 Å². The molecule has 1 amide bonds. The molecule has 2 fully saturated rings. The lowest BCUT2D eigenvalue weighted by Gasteiger charge is -2.37. The van der Waals surface area contributed by atoms with Crippen molar-refractivity contribution >= 4 is 5.91 Å². The molecule has 3 rings (SSSR count). The minimum atomic E-state index is 0.0401. The van der Waals surface area contributed by atoms with Crippen LogP contribution in [0.4, 0.5) is 0 Å². The second kappa shape index (κ2) is 6.37. The summed E-state index contributed by atoms with van der Waals surface area (Å²) in [5.74, 6) is 0.284. The fourth-order valence-electron chi connectivity index (χ4n) is 3.14. The standard InChI is InChI=1S/C16H23N3O/c20-16(14-8-4-5-9-17-14)19-11-10-18-15(12-19)13-6-2-1-3-7-13/h1-3,6-7,14-15,17-18H,4-5,8-12H2. The smallest absolute Gasteiger partial charge is 0.239 e. The van der Waals surface area contributed by atoms with E-state index in [-0.39, 0.29) is 18.0 Å². The van der Waals surface area contributed by atoms with Crippen molar-refractivity contribution in [3.05, 3.63) is 35.9 Å². The summed E-state index contributed by atoms with van der Waals surface area (Å²) in [7, 11) is 0. The molecule has 2 atom stereocenters. The van der Waals surface area contributed by atoms with Crippen LogP contribution in [-0.2, 0) is 4.79 Å². The van der Waals surface area contributed by atoms with Crippen LogP contribution in [0.3, 0.4) is 0 Å². The third-order valence-corrected chi connectivity index (χ3v) is 4.30. The Balaban J connectivity index is 1.64.